The van der Waals surface area contributed by atoms with Gasteiger partial charge in [0.25, 0.3) is 0 Å². The normalized spacial score (nSPS) is 17.6. The van der Waals surface area contributed by atoms with E-state index in [0.29, 0.717) is 23.1 Å². The van der Waals surface area contributed by atoms with E-state index in [1.807, 2.05) is 0 Å². The van der Waals surface area contributed by atoms with Crippen LogP contribution < -0.4 is 0 Å². The lowest BCUT2D eigenvalue weighted by atomic mass is 9.85. The van der Waals surface area contributed by atoms with Crippen LogP contribution in [-0.2, 0) is 7.05 Å². The van der Waals surface area contributed by atoms with E-state index in [9.17, 15) is 4.79 Å². The van der Waals surface area contributed by atoms with Crippen molar-refractivity contribution in [1.82, 2.24) is 9.78 Å². The number of Topliss-reactive ketones (excluding diaryl/α,β-unsaturated/α-hetero) is 1. The maximum atomic E-state index is 12.1. The van der Waals surface area contributed by atoms with Gasteiger partial charge in [0, 0.05) is 13.5 Å². The highest BCUT2D eigenvalue weighted by atomic mass is 35.5. The molecule has 1 aliphatic carbocycles. The highest BCUT2D eigenvalue weighted by Gasteiger charge is 2.21. The summed E-state index contributed by atoms with van der Waals surface area (Å²) >= 11 is 5.95. The molecule has 2 rings (SSSR count). The molecule has 0 N–H and O–H groups in total. The first kappa shape index (κ1) is 11.6. The van der Waals surface area contributed by atoms with E-state index in [2.05, 4.69) is 5.10 Å². The summed E-state index contributed by atoms with van der Waals surface area (Å²) in [6.45, 7) is 0. The second-order valence-corrected chi connectivity index (χ2v) is 5.00. The summed E-state index contributed by atoms with van der Waals surface area (Å²) in [6, 6.07) is 0. The number of aryl methyl sites for hydroxylation is 1. The van der Waals surface area contributed by atoms with Crippen LogP contribution in [0.25, 0.3) is 0 Å². The number of halogens is 1. The third-order valence-electron chi connectivity index (χ3n) is 3.36. The van der Waals surface area contributed by atoms with Crippen molar-refractivity contribution in [2.45, 2.75) is 38.5 Å². The van der Waals surface area contributed by atoms with E-state index >= 15 is 0 Å². The molecular weight excluding hydrogens is 224 g/mol. The molecule has 1 fully saturated rings. The van der Waals surface area contributed by atoms with Gasteiger partial charge in [0.05, 0.1) is 11.2 Å². The van der Waals surface area contributed by atoms with Gasteiger partial charge in [-0.1, -0.05) is 43.7 Å². The summed E-state index contributed by atoms with van der Waals surface area (Å²) in [6.07, 6.45) is 8.36. The van der Waals surface area contributed by atoms with Crippen molar-refractivity contribution in [3.05, 3.63) is 16.9 Å². The topological polar surface area (TPSA) is 34.9 Å². The van der Waals surface area contributed by atoms with E-state index in [4.69, 9.17) is 11.6 Å². The summed E-state index contributed by atoms with van der Waals surface area (Å²) in [7, 11) is 1.76. The fourth-order valence-corrected chi connectivity index (χ4v) is 2.75. The van der Waals surface area contributed by atoms with Gasteiger partial charge in [-0.2, -0.15) is 5.10 Å². The smallest absolute Gasteiger partial charge is 0.182 e. The Morgan fingerprint density at radius 2 is 2.19 bits per heavy atom. The Balaban J connectivity index is 2.02. The van der Waals surface area contributed by atoms with E-state index in [0.717, 1.165) is 0 Å². The molecule has 0 radical (unpaired) electrons. The van der Waals surface area contributed by atoms with Crippen LogP contribution in [-0.4, -0.2) is 15.6 Å². The first-order valence-corrected chi connectivity index (χ1v) is 6.27. The predicted octanol–water partition coefficient (Wildman–Crippen LogP) is 3.23. The molecule has 1 heterocycles. The van der Waals surface area contributed by atoms with Crippen molar-refractivity contribution >= 4 is 17.4 Å². The van der Waals surface area contributed by atoms with Crippen molar-refractivity contribution in [2.24, 2.45) is 13.0 Å². The largest absolute Gasteiger partial charge is 0.292 e. The minimum Gasteiger partial charge on any atom is -0.292 e. The number of carbonyl (C=O) groups excluding carboxylic acids is 1. The fourth-order valence-electron chi connectivity index (χ4n) is 2.47. The van der Waals surface area contributed by atoms with E-state index < -0.39 is 0 Å². The molecule has 0 atom stereocenters. The summed E-state index contributed by atoms with van der Waals surface area (Å²) in [5.41, 5.74) is 0.562. The van der Waals surface area contributed by atoms with Crippen molar-refractivity contribution in [1.29, 1.82) is 0 Å². The Morgan fingerprint density at radius 3 is 2.75 bits per heavy atom. The zero-order valence-corrected chi connectivity index (χ0v) is 10.3. The molecule has 88 valence electrons. The zero-order chi connectivity index (χ0) is 11.5. The number of ketones is 1. The van der Waals surface area contributed by atoms with Gasteiger partial charge < -0.3 is 0 Å². The fraction of sp³-hybridized carbons (Fsp3) is 0.667. The van der Waals surface area contributed by atoms with Crippen LogP contribution in [0.3, 0.4) is 0 Å². The Hall–Kier alpha value is -0.830. The molecule has 1 saturated carbocycles. The minimum absolute atomic E-state index is 0.136. The van der Waals surface area contributed by atoms with Crippen LogP contribution in [0.5, 0.6) is 0 Å². The third kappa shape index (κ3) is 2.46. The van der Waals surface area contributed by atoms with Crippen LogP contribution in [0.15, 0.2) is 6.20 Å². The summed E-state index contributed by atoms with van der Waals surface area (Å²) < 4.78 is 1.58. The molecule has 0 spiro atoms. The molecule has 1 aromatic heterocycles. The second kappa shape index (κ2) is 5.00. The second-order valence-electron chi connectivity index (χ2n) is 4.60. The quantitative estimate of drug-likeness (QED) is 0.761. The summed E-state index contributed by atoms with van der Waals surface area (Å²) in [5, 5.41) is 4.47. The average Bonchev–Trinajstić information content (AvgIpc) is 2.60. The SMILES string of the molecule is Cn1ncc(Cl)c1C(=O)CC1CCCCC1. The van der Waals surface area contributed by atoms with Gasteiger partial charge in [0.15, 0.2) is 5.78 Å². The number of hydrogen-bond donors (Lipinski definition) is 0. The Labute approximate surface area is 101 Å². The van der Waals surface area contributed by atoms with Gasteiger partial charge in [-0.05, 0) is 5.92 Å². The van der Waals surface area contributed by atoms with Crippen LogP contribution in [0.4, 0.5) is 0 Å². The number of hydrogen-bond acceptors (Lipinski definition) is 2. The molecule has 0 unspecified atom stereocenters. The lowest BCUT2D eigenvalue weighted by Gasteiger charge is -2.20. The Morgan fingerprint density at radius 1 is 1.50 bits per heavy atom. The zero-order valence-electron chi connectivity index (χ0n) is 9.58. The highest BCUT2D eigenvalue weighted by molar-refractivity contribution is 6.33. The predicted molar refractivity (Wildman–Crippen MR) is 63.7 cm³/mol. The van der Waals surface area contributed by atoms with Gasteiger partial charge in [0.2, 0.25) is 0 Å². The molecular formula is C12H17ClN2O. The van der Waals surface area contributed by atoms with Crippen molar-refractivity contribution in [3.63, 3.8) is 0 Å². The number of carbonyl (C=O) groups is 1. The van der Waals surface area contributed by atoms with E-state index in [1.54, 1.807) is 11.7 Å². The molecule has 3 nitrogen and oxygen atoms in total. The number of nitrogens with zero attached hydrogens (tertiary/aromatic N) is 2. The van der Waals surface area contributed by atoms with Crippen molar-refractivity contribution < 1.29 is 4.79 Å². The van der Waals surface area contributed by atoms with Crippen LogP contribution in [0.2, 0.25) is 5.02 Å². The first-order chi connectivity index (χ1) is 7.68. The minimum atomic E-state index is 0.136. The van der Waals surface area contributed by atoms with Gasteiger partial charge in [-0.15, -0.1) is 0 Å². The van der Waals surface area contributed by atoms with E-state index in [-0.39, 0.29) is 5.78 Å². The maximum absolute atomic E-state index is 12.1. The molecule has 1 aliphatic rings. The average molecular weight is 241 g/mol. The van der Waals surface area contributed by atoms with Crippen LogP contribution >= 0.6 is 11.6 Å². The van der Waals surface area contributed by atoms with Gasteiger partial charge in [0.1, 0.15) is 5.69 Å². The Bertz CT molecular complexity index is 361. The Kier molecular flexibility index (Phi) is 3.64. The molecule has 0 aromatic carbocycles. The van der Waals surface area contributed by atoms with Gasteiger partial charge in [-0.3, -0.25) is 9.48 Å². The molecule has 0 saturated heterocycles. The lowest BCUT2D eigenvalue weighted by Crippen LogP contribution is -2.15. The molecule has 1 aromatic rings. The first-order valence-electron chi connectivity index (χ1n) is 5.89. The molecule has 4 heteroatoms. The van der Waals surface area contributed by atoms with Gasteiger partial charge >= 0.3 is 0 Å². The highest BCUT2D eigenvalue weighted by Crippen LogP contribution is 2.28. The molecule has 16 heavy (non-hydrogen) atoms. The van der Waals surface area contributed by atoms with Gasteiger partial charge in [-0.25, -0.2) is 0 Å². The third-order valence-corrected chi connectivity index (χ3v) is 3.63. The van der Waals surface area contributed by atoms with Crippen molar-refractivity contribution in [3.8, 4) is 0 Å². The standard InChI is InChI=1S/C12H17ClN2O/c1-15-12(10(13)8-14-15)11(16)7-9-5-3-2-4-6-9/h8-9H,2-7H2,1H3. The van der Waals surface area contributed by atoms with Crippen LogP contribution in [0.1, 0.15) is 49.0 Å². The monoisotopic (exact) mass is 240 g/mol. The lowest BCUT2D eigenvalue weighted by molar-refractivity contribution is 0.0941. The number of aromatic nitrogens is 2. The van der Waals surface area contributed by atoms with Crippen LogP contribution in [0, 0.1) is 5.92 Å². The molecule has 0 bridgehead atoms. The maximum Gasteiger partial charge on any atom is 0.182 e. The molecule has 0 aliphatic heterocycles. The summed E-state index contributed by atoms with van der Waals surface area (Å²) in [5.74, 6) is 0.684. The summed E-state index contributed by atoms with van der Waals surface area (Å²) in [4.78, 5) is 12.1. The number of rotatable bonds is 3. The van der Waals surface area contributed by atoms with Crippen molar-refractivity contribution in [2.75, 3.05) is 0 Å². The molecule has 0 amide bonds. The van der Waals surface area contributed by atoms with E-state index in [1.165, 1.54) is 38.3 Å².